The van der Waals surface area contributed by atoms with E-state index in [1.165, 1.54) is 12.1 Å². The Hall–Kier alpha value is -4.86. The SMILES string of the molecule is CCOC(=O)n1nc(NC(=O)c2ccc(N3CCN(C)CC3)cc2NC(=O)C2CCOCC2)c2cc(C(=O)NC(C)(C)c3ccccc3F)sc21. The Morgan fingerprint density at radius 1 is 1.00 bits per heavy atom. The van der Waals surface area contributed by atoms with Crippen LogP contribution in [0.25, 0.3) is 10.2 Å². The third-order valence-corrected chi connectivity index (χ3v) is 10.3. The molecule has 270 valence electrons. The number of piperazine rings is 1. The molecule has 0 unspecified atom stereocenters. The van der Waals surface area contributed by atoms with Crippen LogP contribution in [0.4, 0.5) is 26.4 Å². The summed E-state index contributed by atoms with van der Waals surface area (Å²) in [4.78, 5) is 58.8. The molecule has 0 spiro atoms. The molecule has 4 aromatic rings. The summed E-state index contributed by atoms with van der Waals surface area (Å²) < 4.78 is 26.3. The van der Waals surface area contributed by atoms with Gasteiger partial charge in [0.05, 0.1) is 33.7 Å². The molecule has 2 aliphatic heterocycles. The number of amides is 3. The standard InChI is InChI=1S/C36H42FN7O6S/c1-5-50-35(48)44-34-25(21-29(51-34)33(47)40-36(2,3)26-8-6-7-9-27(26)37)30(41-44)39-32(46)24-11-10-23(43-16-14-42(4)15-17-43)20-28(24)38-31(45)22-12-18-49-19-13-22/h6-11,20-22H,5,12-19H2,1-4H3,(H,38,45)(H,40,47)(H,39,41,46). The molecule has 3 N–H and O–H groups in total. The molecule has 6 rings (SSSR count). The van der Waals surface area contributed by atoms with Crippen LogP contribution < -0.4 is 20.9 Å². The molecule has 2 fully saturated rings. The summed E-state index contributed by atoms with van der Waals surface area (Å²) in [5.74, 6) is -1.95. The maximum atomic E-state index is 14.6. The number of benzene rings is 2. The van der Waals surface area contributed by atoms with E-state index in [-0.39, 0.29) is 39.5 Å². The lowest BCUT2D eigenvalue weighted by Gasteiger charge is -2.34. The van der Waals surface area contributed by atoms with Gasteiger partial charge in [0.1, 0.15) is 10.6 Å². The summed E-state index contributed by atoms with van der Waals surface area (Å²) in [6.45, 7) is 9.45. The molecule has 3 amide bonds. The largest absolute Gasteiger partial charge is 0.448 e. The first-order valence-electron chi connectivity index (χ1n) is 17.0. The van der Waals surface area contributed by atoms with Gasteiger partial charge in [0.15, 0.2) is 5.82 Å². The minimum atomic E-state index is -1.06. The average Bonchev–Trinajstić information content (AvgIpc) is 3.69. The Morgan fingerprint density at radius 3 is 2.43 bits per heavy atom. The third kappa shape index (κ3) is 7.90. The molecule has 2 aromatic heterocycles. The van der Waals surface area contributed by atoms with Gasteiger partial charge in [-0.3, -0.25) is 14.4 Å². The number of thiophene rings is 1. The van der Waals surface area contributed by atoms with Crippen molar-refractivity contribution in [3.05, 3.63) is 70.4 Å². The number of hydrogen-bond donors (Lipinski definition) is 3. The van der Waals surface area contributed by atoms with Crippen LogP contribution in [-0.2, 0) is 19.8 Å². The number of nitrogens with zero attached hydrogens (tertiary/aromatic N) is 4. The second-order valence-corrected chi connectivity index (χ2v) is 14.2. The van der Waals surface area contributed by atoms with Crippen LogP contribution in [0, 0.1) is 11.7 Å². The molecule has 2 aliphatic rings. The molecule has 13 nitrogen and oxygen atoms in total. The topological polar surface area (TPSA) is 147 Å². The molecule has 0 bridgehead atoms. The van der Waals surface area contributed by atoms with Crippen molar-refractivity contribution in [2.24, 2.45) is 5.92 Å². The highest BCUT2D eigenvalue weighted by Crippen LogP contribution is 2.34. The molecule has 0 atom stereocenters. The highest BCUT2D eigenvalue weighted by Gasteiger charge is 2.30. The monoisotopic (exact) mass is 719 g/mol. The van der Waals surface area contributed by atoms with Crippen molar-refractivity contribution in [2.45, 2.75) is 39.2 Å². The highest BCUT2D eigenvalue weighted by molar-refractivity contribution is 7.20. The summed E-state index contributed by atoms with van der Waals surface area (Å²) in [6.07, 6.45) is 0.380. The minimum Gasteiger partial charge on any atom is -0.448 e. The number of fused-ring (bicyclic) bond motifs is 1. The number of halogens is 1. The van der Waals surface area contributed by atoms with Gasteiger partial charge in [0.25, 0.3) is 11.8 Å². The zero-order valence-corrected chi connectivity index (χ0v) is 29.9. The van der Waals surface area contributed by atoms with Crippen molar-refractivity contribution in [1.82, 2.24) is 20.0 Å². The van der Waals surface area contributed by atoms with Gasteiger partial charge >= 0.3 is 6.09 Å². The molecular weight excluding hydrogens is 678 g/mol. The van der Waals surface area contributed by atoms with Crippen LogP contribution in [0.5, 0.6) is 0 Å². The fourth-order valence-corrected chi connectivity index (χ4v) is 7.26. The van der Waals surface area contributed by atoms with Gasteiger partial charge in [-0.15, -0.1) is 16.4 Å². The summed E-state index contributed by atoms with van der Waals surface area (Å²) in [5.41, 5.74) is 0.672. The molecule has 15 heteroatoms. The van der Waals surface area contributed by atoms with Gasteiger partial charge in [0.2, 0.25) is 5.91 Å². The van der Waals surface area contributed by atoms with Crippen molar-refractivity contribution in [1.29, 1.82) is 0 Å². The van der Waals surface area contributed by atoms with E-state index in [1.54, 1.807) is 45.0 Å². The fourth-order valence-electron chi connectivity index (χ4n) is 6.27. The Balaban J connectivity index is 1.31. The number of likely N-dealkylation sites (N-methyl/N-ethyl adjacent to an activating group) is 1. The van der Waals surface area contributed by atoms with Crippen LogP contribution >= 0.6 is 11.3 Å². The maximum Gasteiger partial charge on any atom is 0.436 e. The second-order valence-electron chi connectivity index (χ2n) is 13.2. The van der Waals surface area contributed by atoms with Crippen molar-refractivity contribution >= 4 is 62.6 Å². The molecule has 2 saturated heterocycles. The van der Waals surface area contributed by atoms with E-state index in [9.17, 15) is 23.6 Å². The molecule has 0 saturated carbocycles. The Bertz CT molecular complexity index is 1940. The van der Waals surface area contributed by atoms with Crippen molar-refractivity contribution in [3.63, 3.8) is 0 Å². The zero-order chi connectivity index (χ0) is 36.3. The first kappa shape index (κ1) is 35.9. The number of nitrogens with one attached hydrogen (secondary N) is 3. The lowest BCUT2D eigenvalue weighted by molar-refractivity contribution is -0.122. The molecular formula is C36H42FN7O6S. The number of hydrogen-bond acceptors (Lipinski definition) is 10. The highest BCUT2D eigenvalue weighted by atomic mass is 32.1. The molecule has 0 radical (unpaired) electrons. The van der Waals surface area contributed by atoms with E-state index in [1.807, 2.05) is 12.1 Å². The summed E-state index contributed by atoms with van der Waals surface area (Å²) in [6, 6.07) is 13.0. The first-order valence-corrected chi connectivity index (χ1v) is 17.8. The maximum absolute atomic E-state index is 14.6. The van der Waals surface area contributed by atoms with Gasteiger partial charge in [0, 0.05) is 56.6 Å². The molecule has 4 heterocycles. The number of carbonyl (C=O) groups excluding carboxylic acids is 4. The number of aromatic nitrogens is 2. The summed E-state index contributed by atoms with van der Waals surface area (Å²) in [5, 5.41) is 13.4. The normalized spacial score (nSPS) is 15.8. The van der Waals surface area contributed by atoms with Gasteiger partial charge < -0.3 is 35.2 Å². The van der Waals surface area contributed by atoms with Gasteiger partial charge in [-0.2, -0.15) is 4.68 Å². The summed E-state index contributed by atoms with van der Waals surface area (Å²) in [7, 11) is 2.07. The van der Waals surface area contributed by atoms with Gasteiger partial charge in [-0.25, -0.2) is 9.18 Å². The lowest BCUT2D eigenvalue weighted by atomic mass is 9.93. The number of rotatable bonds is 9. The van der Waals surface area contributed by atoms with Crippen molar-refractivity contribution in [2.75, 3.05) is 68.6 Å². The minimum absolute atomic E-state index is 0.0246. The van der Waals surface area contributed by atoms with Crippen molar-refractivity contribution in [3.8, 4) is 0 Å². The van der Waals surface area contributed by atoms with E-state index in [4.69, 9.17) is 9.47 Å². The van der Waals surface area contributed by atoms with Crippen LogP contribution in [0.1, 0.15) is 59.2 Å². The first-order chi connectivity index (χ1) is 24.4. The zero-order valence-electron chi connectivity index (χ0n) is 29.1. The van der Waals surface area contributed by atoms with E-state index in [0.717, 1.165) is 47.9 Å². The second kappa shape index (κ2) is 15.2. The smallest absolute Gasteiger partial charge is 0.436 e. The number of ether oxygens (including phenoxy) is 2. The predicted octanol–water partition coefficient (Wildman–Crippen LogP) is 5.28. The van der Waals surface area contributed by atoms with Gasteiger partial charge in [-0.1, -0.05) is 18.2 Å². The third-order valence-electron chi connectivity index (χ3n) is 9.20. The fraction of sp³-hybridized carbons (Fsp3) is 0.417. The molecule has 0 aliphatic carbocycles. The Labute approximate surface area is 299 Å². The van der Waals surface area contributed by atoms with Crippen LogP contribution in [0.3, 0.4) is 0 Å². The van der Waals surface area contributed by atoms with Gasteiger partial charge in [-0.05, 0) is 71.0 Å². The average molecular weight is 720 g/mol. The van der Waals surface area contributed by atoms with Crippen LogP contribution in [-0.4, -0.2) is 91.5 Å². The lowest BCUT2D eigenvalue weighted by Crippen LogP contribution is -2.44. The molecule has 2 aromatic carbocycles. The summed E-state index contributed by atoms with van der Waals surface area (Å²) >= 11 is 0.982. The van der Waals surface area contributed by atoms with E-state index < -0.39 is 29.3 Å². The Kier molecular flexibility index (Phi) is 10.7. The van der Waals surface area contributed by atoms with Crippen molar-refractivity contribution < 1.29 is 33.0 Å². The van der Waals surface area contributed by atoms with E-state index in [0.29, 0.717) is 42.7 Å². The molecule has 51 heavy (non-hydrogen) atoms. The van der Waals surface area contributed by atoms with E-state index >= 15 is 0 Å². The Morgan fingerprint density at radius 2 is 1.73 bits per heavy atom. The quantitative estimate of drug-likeness (QED) is 0.210. The van der Waals surface area contributed by atoms with Crippen LogP contribution in [0.2, 0.25) is 0 Å². The number of anilines is 3. The predicted molar refractivity (Wildman–Crippen MR) is 193 cm³/mol. The van der Waals surface area contributed by atoms with Crippen LogP contribution in [0.15, 0.2) is 48.5 Å². The van der Waals surface area contributed by atoms with E-state index in [2.05, 4.69) is 37.9 Å². The number of carbonyl (C=O) groups is 4.